The van der Waals surface area contributed by atoms with Crippen LogP contribution in [0.25, 0.3) is 11.3 Å². The van der Waals surface area contributed by atoms with Gasteiger partial charge in [-0.2, -0.15) is 18.3 Å². The third-order valence-electron chi connectivity index (χ3n) is 7.68. The molecule has 2 atom stereocenters. The van der Waals surface area contributed by atoms with Gasteiger partial charge in [-0.05, 0) is 38.8 Å². The minimum absolute atomic E-state index is 0.0508. The summed E-state index contributed by atoms with van der Waals surface area (Å²) in [6, 6.07) is 7.13. The standard InChI is InChI=1S/C26H34F3N5O2/c27-26(28,29)24-22-21(8-11-30-24)34(31-23(22)18-6-2-1-3-7-18)17-20(35)16-32-14-9-19(10-15-32)25(36)33-12-4-5-13-33/h1-3,6-7,19-20,24,30,35H,4-5,8-17H2. The van der Waals surface area contributed by atoms with Gasteiger partial charge in [0.15, 0.2) is 0 Å². The molecule has 0 saturated carbocycles. The van der Waals surface area contributed by atoms with Crippen molar-refractivity contribution in [2.24, 2.45) is 5.92 Å². The number of nitrogens with one attached hydrogen (secondary N) is 1. The number of likely N-dealkylation sites (tertiary alicyclic amines) is 2. The van der Waals surface area contributed by atoms with Gasteiger partial charge in [0, 0.05) is 55.3 Å². The molecule has 1 aromatic heterocycles. The zero-order valence-corrected chi connectivity index (χ0v) is 20.4. The lowest BCUT2D eigenvalue weighted by Gasteiger charge is -2.34. The molecule has 0 bridgehead atoms. The van der Waals surface area contributed by atoms with Gasteiger partial charge in [-0.1, -0.05) is 30.3 Å². The maximum Gasteiger partial charge on any atom is 0.408 e. The number of nitrogens with zero attached hydrogens (tertiary/aromatic N) is 4. The molecule has 1 aromatic carbocycles. The first-order valence-electron chi connectivity index (χ1n) is 13.0. The van der Waals surface area contributed by atoms with Crippen molar-refractivity contribution in [1.82, 2.24) is 24.9 Å². The van der Waals surface area contributed by atoms with E-state index in [9.17, 15) is 23.1 Å². The number of fused-ring (bicyclic) bond motifs is 1. The van der Waals surface area contributed by atoms with Crippen molar-refractivity contribution in [1.29, 1.82) is 0 Å². The number of amides is 1. The Morgan fingerprint density at radius 3 is 2.44 bits per heavy atom. The van der Waals surface area contributed by atoms with Crippen LogP contribution < -0.4 is 5.32 Å². The van der Waals surface area contributed by atoms with Crippen LogP contribution in [-0.2, 0) is 17.8 Å². The maximum absolute atomic E-state index is 13.9. The first kappa shape index (κ1) is 25.2. The molecule has 3 aliphatic heterocycles. The molecule has 2 fully saturated rings. The molecule has 3 aliphatic rings. The number of aliphatic hydroxyl groups is 1. The Hall–Kier alpha value is -2.43. The van der Waals surface area contributed by atoms with E-state index in [2.05, 4.69) is 15.3 Å². The van der Waals surface area contributed by atoms with E-state index in [0.717, 1.165) is 51.9 Å². The van der Waals surface area contributed by atoms with Gasteiger partial charge in [0.25, 0.3) is 0 Å². The highest BCUT2D eigenvalue weighted by atomic mass is 19.4. The molecule has 196 valence electrons. The van der Waals surface area contributed by atoms with Gasteiger partial charge in [0.05, 0.1) is 18.3 Å². The molecule has 2 unspecified atom stereocenters. The van der Waals surface area contributed by atoms with Crippen molar-refractivity contribution in [3.8, 4) is 11.3 Å². The lowest BCUT2D eigenvalue weighted by molar-refractivity contribution is -0.158. The molecule has 10 heteroatoms. The van der Waals surface area contributed by atoms with Crippen LogP contribution in [0.4, 0.5) is 13.2 Å². The highest BCUT2D eigenvalue weighted by Gasteiger charge is 2.46. The van der Waals surface area contributed by atoms with E-state index in [4.69, 9.17) is 0 Å². The SMILES string of the molecule is O=C(C1CCN(CC(O)Cn2nc(-c3ccccc3)c3c2CCNC3C(F)(F)F)CC1)N1CCCC1. The van der Waals surface area contributed by atoms with E-state index in [1.807, 2.05) is 11.0 Å². The van der Waals surface area contributed by atoms with E-state index in [-0.39, 0.29) is 30.5 Å². The fraction of sp³-hybridized carbons (Fsp3) is 0.615. The largest absolute Gasteiger partial charge is 0.408 e. The quantitative estimate of drug-likeness (QED) is 0.632. The molecule has 0 aliphatic carbocycles. The predicted octanol–water partition coefficient (Wildman–Crippen LogP) is 2.99. The number of piperidine rings is 1. The fourth-order valence-corrected chi connectivity index (χ4v) is 5.87. The number of β-amino-alcohol motifs (C(OH)–C–C–N with tert-alkyl or cyclic N) is 1. The second kappa shape index (κ2) is 10.5. The number of halogens is 3. The molecule has 0 radical (unpaired) electrons. The number of rotatable bonds is 6. The van der Waals surface area contributed by atoms with Gasteiger partial charge in [-0.15, -0.1) is 0 Å². The van der Waals surface area contributed by atoms with Gasteiger partial charge in [-0.25, -0.2) is 0 Å². The number of hydrogen-bond acceptors (Lipinski definition) is 5. The molecule has 0 spiro atoms. The number of benzene rings is 1. The first-order chi connectivity index (χ1) is 17.3. The van der Waals surface area contributed by atoms with Crippen LogP contribution in [0.1, 0.15) is 43.0 Å². The van der Waals surface area contributed by atoms with Crippen LogP contribution in [0.3, 0.4) is 0 Å². The molecular weight excluding hydrogens is 471 g/mol. The van der Waals surface area contributed by atoms with Crippen LogP contribution >= 0.6 is 0 Å². The highest BCUT2D eigenvalue weighted by Crippen LogP contribution is 2.41. The Labute approximate surface area is 209 Å². The summed E-state index contributed by atoms with van der Waals surface area (Å²) in [4.78, 5) is 16.8. The van der Waals surface area contributed by atoms with Crippen molar-refractivity contribution in [2.45, 2.75) is 57.0 Å². The van der Waals surface area contributed by atoms with Crippen LogP contribution in [-0.4, -0.2) is 82.1 Å². The number of alkyl halides is 3. The Bertz CT molecular complexity index is 1040. The second-order valence-electron chi connectivity index (χ2n) is 10.2. The van der Waals surface area contributed by atoms with Crippen molar-refractivity contribution in [2.75, 3.05) is 39.3 Å². The van der Waals surface area contributed by atoms with E-state index < -0.39 is 18.3 Å². The number of carbonyl (C=O) groups excluding carboxylic acids is 1. The smallest absolute Gasteiger partial charge is 0.390 e. The molecule has 2 N–H and O–H groups in total. The Morgan fingerprint density at radius 2 is 1.78 bits per heavy atom. The minimum Gasteiger partial charge on any atom is -0.390 e. The summed E-state index contributed by atoms with van der Waals surface area (Å²) < 4.78 is 43.3. The number of hydrogen-bond donors (Lipinski definition) is 2. The molecule has 5 rings (SSSR count). The molecule has 36 heavy (non-hydrogen) atoms. The third kappa shape index (κ3) is 5.31. The van der Waals surface area contributed by atoms with Crippen molar-refractivity contribution in [3.05, 3.63) is 41.6 Å². The van der Waals surface area contributed by atoms with Crippen molar-refractivity contribution < 1.29 is 23.1 Å². The minimum atomic E-state index is -4.44. The lowest BCUT2D eigenvalue weighted by atomic mass is 9.94. The maximum atomic E-state index is 13.9. The van der Waals surface area contributed by atoms with Crippen LogP contribution in [0.2, 0.25) is 0 Å². The van der Waals surface area contributed by atoms with E-state index >= 15 is 0 Å². The van der Waals surface area contributed by atoms with Gasteiger partial charge < -0.3 is 20.2 Å². The summed E-state index contributed by atoms with van der Waals surface area (Å²) >= 11 is 0. The van der Waals surface area contributed by atoms with E-state index in [1.165, 1.54) is 0 Å². The zero-order valence-electron chi connectivity index (χ0n) is 20.4. The summed E-state index contributed by atoms with van der Waals surface area (Å²) in [6.45, 7) is 3.92. The van der Waals surface area contributed by atoms with Crippen molar-refractivity contribution >= 4 is 5.91 Å². The van der Waals surface area contributed by atoms with Crippen LogP contribution in [0.5, 0.6) is 0 Å². The Morgan fingerprint density at radius 1 is 1.08 bits per heavy atom. The summed E-state index contributed by atoms with van der Waals surface area (Å²) in [6.07, 6.45) is -1.09. The number of aromatic nitrogens is 2. The van der Waals surface area contributed by atoms with E-state index in [0.29, 0.717) is 29.9 Å². The molecule has 1 amide bonds. The normalized spacial score (nSPS) is 22.6. The summed E-state index contributed by atoms with van der Waals surface area (Å²) in [5.74, 6) is 0.312. The summed E-state index contributed by atoms with van der Waals surface area (Å²) in [5, 5.41) is 18.1. The summed E-state index contributed by atoms with van der Waals surface area (Å²) in [7, 11) is 0. The number of carbonyl (C=O) groups is 1. The van der Waals surface area contributed by atoms with Crippen LogP contribution in [0, 0.1) is 5.92 Å². The molecule has 2 aromatic rings. The number of aliphatic hydroxyl groups excluding tert-OH is 1. The predicted molar refractivity (Wildman–Crippen MR) is 129 cm³/mol. The third-order valence-corrected chi connectivity index (χ3v) is 7.68. The molecule has 2 saturated heterocycles. The highest BCUT2D eigenvalue weighted by molar-refractivity contribution is 5.79. The molecule has 4 heterocycles. The topological polar surface area (TPSA) is 73.6 Å². The Kier molecular flexibility index (Phi) is 7.37. The Balaban J connectivity index is 1.27. The zero-order chi connectivity index (χ0) is 25.3. The molecular formula is C26H34F3N5O2. The average molecular weight is 506 g/mol. The van der Waals surface area contributed by atoms with Gasteiger partial charge in [0.1, 0.15) is 6.04 Å². The van der Waals surface area contributed by atoms with E-state index in [1.54, 1.807) is 28.9 Å². The van der Waals surface area contributed by atoms with Gasteiger partial charge in [-0.3, -0.25) is 9.48 Å². The van der Waals surface area contributed by atoms with Crippen LogP contribution in [0.15, 0.2) is 30.3 Å². The molecule has 7 nitrogen and oxygen atoms in total. The van der Waals surface area contributed by atoms with Gasteiger partial charge >= 0.3 is 6.18 Å². The average Bonchev–Trinajstić information content (AvgIpc) is 3.53. The second-order valence-corrected chi connectivity index (χ2v) is 10.2. The van der Waals surface area contributed by atoms with Crippen molar-refractivity contribution in [3.63, 3.8) is 0 Å². The lowest BCUT2D eigenvalue weighted by Crippen LogP contribution is -2.44. The summed E-state index contributed by atoms with van der Waals surface area (Å²) in [5.41, 5.74) is 1.63. The fourth-order valence-electron chi connectivity index (χ4n) is 5.87. The first-order valence-corrected chi connectivity index (χ1v) is 13.0. The monoisotopic (exact) mass is 505 g/mol. The van der Waals surface area contributed by atoms with Gasteiger partial charge in [0.2, 0.25) is 5.91 Å².